The molecule has 2 aliphatic rings. The van der Waals surface area contributed by atoms with Crippen molar-refractivity contribution in [2.75, 3.05) is 18.2 Å². The lowest BCUT2D eigenvalue weighted by Crippen LogP contribution is -2.38. The van der Waals surface area contributed by atoms with Crippen molar-refractivity contribution in [2.45, 2.75) is 18.9 Å². The van der Waals surface area contributed by atoms with E-state index in [1.807, 2.05) is 0 Å². The highest BCUT2D eigenvalue weighted by atomic mass is 32.2. The summed E-state index contributed by atoms with van der Waals surface area (Å²) in [6.07, 6.45) is 2.58. The van der Waals surface area contributed by atoms with E-state index in [-0.39, 0.29) is 0 Å². The van der Waals surface area contributed by atoms with Crippen LogP contribution in [0.4, 0.5) is 0 Å². The summed E-state index contributed by atoms with van der Waals surface area (Å²) < 4.78 is 0. The van der Waals surface area contributed by atoms with E-state index in [9.17, 15) is 0 Å². The molecule has 2 heteroatoms. The lowest BCUT2D eigenvalue weighted by atomic mass is 9.91. The fourth-order valence-corrected chi connectivity index (χ4v) is 3.64. The Morgan fingerprint density at radius 1 is 1.29 bits per heavy atom. The smallest absolute Gasteiger partial charge is 0.0450 e. The summed E-state index contributed by atoms with van der Waals surface area (Å²) in [6, 6.07) is 9.70. The molecule has 1 aromatic carbocycles. The minimum absolute atomic E-state index is 0.723. The average molecular weight is 205 g/mol. The van der Waals surface area contributed by atoms with Gasteiger partial charge in [0.15, 0.2) is 0 Å². The Morgan fingerprint density at radius 2 is 2.21 bits per heavy atom. The van der Waals surface area contributed by atoms with E-state index in [2.05, 4.69) is 40.9 Å². The Bertz CT molecular complexity index is 337. The van der Waals surface area contributed by atoms with Crippen molar-refractivity contribution in [1.82, 2.24) is 4.90 Å². The van der Waals surface area contributed by atoms with Gasteiger partial charge in [0.05, 0.1) is 0 Å². The zero-order valence-electron chi connectivity index (χ0n) is 8.28. The molecule has 0 spiro atoms. The first kappa shape index (κ1) is 8.81. The fraction of sp³-hybridized carbons (Fsp3) is 0.500. The van der Waals surface area contributed by atoms with Crippen molar-refractivity contribution in [3.63, 3.8) is 0 Å². The molecule has 0 bridgehead atoms. The van der Waals surface area contributed by atoms with Crippen LogP contribution in [0.25, 0.3) is 0 Å². The normalized spacial score (nSPS) is 26.7. The number of hydrogen-bond acceptors (Lipinski definition) is 2. The standard InChI is InChI=1S/C12H15NS/c1-2-4-11-10(3-1)5-7-13-9-14-8-6-12(11)13/h1-4,12H,5-9H2. The summed E-state index contributed by atoms with van der Waals surface area (Å²) in [6.45, 7) is 1.26. The van der Waals surface area contributed by atoms with Crippen LogP contribution in [0.2, 0.25) is 0 Å². The van der Waals surface area contributed by atoms with Crippen LogP contribution in [-0.4, -0.2) is 23.1 Å². The molecule has 3 rings (SSSR count). The van der Waals surface area contributed by atoms with Gasteiger partial charge in [0.2, 0.25) is 0 Å². The van der Waals surface area contributed by atoms with E-state index in [1.165, 1.54) is 31.0 Å². The molecule has 14 heavy (non-hydrogen) atoms. The largest absolute Gasteiger partial charge is 0.287 e. The van der Waals surface area contributed by atoms with E-state index in [4.69, 9.17) is 0 Å². The quantitative estimate of drug-likeness (QED) is 0.640. The highest BCUT2D eigenvalue weighted by Crippen LogP contribution is 2.36. The molecular weight excluding hydrogens is 190 g/mol. The van der Waals surface area contributed by atoms with Crippen molar-refractivity contribution in [3.8, 4) is 0 Å². The molecule has 1 atom stereocenters. The van der Waals surface area contributed by atoms with Gasteiger partial charge in [0, 0.05) is 18.5 Å². The van der Waals surface area contributed by atoms with Crippen LogP contribution in [0.1, 0.15) is 23.6 Å². The van der Waals surface area contributed by atoms with Crippen LogP contribution >= 0.6 is 11.8 Å². The predicted octanol–water partition coefficient (Wildman–Crippen LogP) is 2.68. The van der Waals surface area contributed by atoms with Gasteiger partial charge >= 0.3 is 0 Å². The Kier molecular flexibility index (Phi) is 2.26. The molecule has 1 unspecified atom stereocenters. The Morgan fingerprint density at radius 3 is 3.21 bits per heavy atom. The summed E-state index contributed by atoms with van der Waals surface area (Å²) in [7, 11) is 0. The van der Waals surface area contributed by atoms with Crippen molar-refractivity contribution in [1.29, 1.82) is 0 Å². The monoisotopic (exact) mass is 205 g/mol. The average Bonchev–Trinajstić information content (AvgIpc) is 2.29. The summed E-state index contributed by atoms with van der Waals surface area (Å²) in [5, 5.41) is 0. The third-order valence-corrected chi connectivity index (χ3v) is 4.35. The molecule has 1 nitrogen and oxygen atoms in total. The maximum atomic E-state index is 2.64. The number of rotatable bonds is 0. The van der Waals surface area contributed by atoms with Gasteiger partial charge < -0.3 is 0 Å². The minimum Gasteiger partial charge on any atom is -0.287 e. The molecule has 1 aromatic rings. The van der Waals surface area contributed by atoms with Crippen molar-refractivity contribution < 1.29 is 0 Å². The van der Waals surface area contributed by atoms with Gasteiger partial charge in [-0.2, -0.15) is 0 Å². The predicted molar refractivity (Wildman–Crippen MR) is 61.5 cm³/mol. The van der Waals surface area contributed by atoms with E-state index in [1.54, 1.807) is 11.1 Å². The van der Waals surface area contributed by atoms with E-state index < -0.39 is 0 Å². The molecule has 0 amide bonds. The topological polar surface area (TPSA) is 3.24 Å². The molecule has 0 saturated carbocycles. The molecule has 0 radical (unpaired) electrons. The highest BCUT2D eigenvalue weighted by molar-refractivity contribution is 7.99. The van der Waals surface area contributed by atoms with Crippen LogP contribution in [0.15, 0.2) is 24.3 Å². The zero-order chi connectivity index (χ0) is 9.38. The highest BCUT2D eigenvalue weighted by Gasteiger charge is 2.28. The molecule has 0 aromatic heterocycles. The number of fused-ring (bicyclic) bond motifs is 3. The third kappa shape index (κ3) is 1.37. The molecule has 0 N–H and O–H groups in total. The Balaban J connectivity index is 1.99. The fourth-order valence-electron chi connectivity index (χ4n) is 2.57. The number of hydrogen-bond donors (Lipinski definition) is 0. The number of thioether (sulfide) groups is 1. The maximum Gasteiger partial charge on any atom is 0.0450 e. The molecule has 1 saturated heterocycles. The molecule has 1 fully saturated rings. The second kappa shape index (κ2) is 3.59. The van der Waals surface area contributed by atoms with Gasteiger partial charge in [0.25, 0.3) is 0 Å². The minimum atomic E-state index is 0.723. The summed E-state index contributed by atoms with van der Waals surface area (Å²) in [4.78, 5) is 2.64. The third-order valence-electron chi connectivity index (χ3n) is 3.32. The first-order valence-electron chi connectivity index (χ1n) is 5.35. The van der Waals surface area contributed by atoms with Crippen LogP contribution in [0.3, 0.4) is 0 Å². The first-order chi connectivity index (χ1) is 6.95. The first-order valence-corrected chi connectivity index (χ1v) is 6.50. The van der Waals surface area contributed by atoms with Crippen molar-refractivity contribution in [3.05, 3.63) is 35.4 Å². The summed E-state index contributed by atoms with van der Waals surface area (Å²) in [5.74, 6) is 2.56. The maximum absolute atomic E-state index is 2.64. The van der Waals surface area contributed by atoms with Crippen LogP contribution < -0.4 is 0 Å². The van der Waals surface area contributed by atoms with Crippen molar-refractivity contribution in [2.24, 2.45) is 0 Å². The van der Waals surface area contributed by atoms with Crippen molar-refractivity contribution >= 4 is 11.8 Å². The van der Waals surface area contributed by atoms with Gasteiger partial charge in [-0.25, -0.2) is 0 Å². The lowest BCUT2D eigenvalue weighted by molar-refractivity contribution is 0.208. The van der Waals surface area contributed by atoms with Gasteiger partial charge in [-0.15, -0.1) is 11.8 Å². The van der Waals surface area contributed by atoms with Gasteiger partial charge in [-0.1, -0.05) is 24.3 Å². The Labute approximate surface area is 89.5 Å². The van der Waals surface area contributed by atoms with Crippen LogP contribution in [0.5, 0.6) is 0 Å². The van der Waals surface area contributed by atoms with Crippen LogP contribution in [0, 0.1) is 0 Å². The Hall–Kier alpha value is -0.470. The summed E-state index contributed by atoms with van der Waals surface area (Å²) in [5.41, 5.74) is 3.18. The second-order valence-corrected chi connectivity index (χ2v) is 5.18. The number of benzene rings is 1. The molecule has 0 aliphatic carbocycles. The second-order valence-electron chi connectivity index (χ2n) is 4.10. The molecule has 2 heterocycles. The molecule has 2 aliphatic heterocycles. The number of nitrogens with zero attached hydrogens (tertiary/aromatic N) is 1. The van der Waals surface area contributed by atoms with Crippen LogP contribution in [-0.2, 0) is 6.42 Å². The van der Waals surface area contributed by atoms with E-state index in [0.29, 0.717) is 0 Å². The molecular formula is C12H15NS. The van der Waals surface area contributed by atoms with Gasteiger partial charge in [-0.3, -0.25) is 4.90 Å². The van der Waals surface area contributed by atoms with E-state index in [0.717, 1.165) is 6.04 Å². The lowest BCUT2D eigenvalue weighted by Gasteiger charge is -2.40. The SMILES string of the molecule is c1ccc2c(c1)CCN1CSCCC21. The van der Waals surface area contributed by atoms with Gasteiger partial charge in [0.1, 0.15) is 0 Å². The molecule has 74 valence electrons. The van der Waals surface area contributed by atoms with Gasteiger partial charge in [-0.05, 0) is 29.7 Å². The summed E-state index contributed by atoms with van der Waals surface area (Å²) >= 11 is 2.08. The van der Waals surface area contributed by atoms with E-state index >= 15 is 0 Å². The zero-order valence-corrected chi connectivity index (χ0v) is 9.09.